The summed E-state index contributed by atoms with van der Waals surface area (Å²) in [5.74, 6) is 0.662. The Bertz CT molecular complexity index is 494. The van der Waals surface area contributed by atoms with Gasteiger partial charge in [-0.2, -0.15) is 0 Å². The van der Waals surface area contributed by atoms with E-state index in [9.17, 15) is 5.11 Å². The predicted molar refractivity (Wildman–Crippen MR) is 59.2 cm³/mol. The monoisotopic (exact) mass is 220 g/mol. The highest BCUT2D eigenvalue weighted by Crippen LogP contribution is 2.36. The maximum atomic E-state index is 9.94. The summed E-state index contributed by atoms with van der Waals surface area (Å²) >= 11 is 0. The van der Waals surface area contributed by atoms with E-state index < -0.39 is 0 Å². The molecule has 0 fully saturated rings. The van der Waals surface area contributed by atoms with Gasteiger partial charge in [0.1, 0.15) is 5.69 Å². The fraction of sp³-hybridized carbons (Fsp3) is 0.182. The lowest BCUT2D eigenvalue weighted by atomic mass is 10.1. The van der Waals surface area contributed by atoms with Crippen molar-refractivity contribution in [3.63, 3.8) is 0 Å². The largest absolute Gasteiger partial charge is 0.504 e. The number of phenols is 1. The van der Waals surface area contributed by atoms with E-state index in [-0.39, 0.29) is 11.6 Å². The van der Waals surface area contributed by atoms with Gasteiger partial charge in [0.15, 0.2) is 11.5 Å². The number of rotatable bonds is 3. The number of aromatic hydroxyl groups is 1. The number of hydrogen-bond acceptors (Lipinski definition) is 5. The normalized spacial score (nSPS) is 10.3. The van der Waals surface area contributed by atoms with Crippen molar-refractivity contribution in [2.75, 3.05) is 12.3 Å². The van der Waals surface area contributed by atoms with E-state index in [1.54, 1.807) is 24.3 Å². The van der Waals surface area contributed by atoms with Gasteiger partial charge in [0, 0.05) is 11.6 Å². The van der Waals surface area contributed by atoms with Gasteiger partial charge < -0.3 is 20.1 Å². The molecule has 0 atom stereocenters. The van der Waals surface area contributed by atoms with Gasteiger partial charge in [-0.1, -0.05) is 11.2 Å². The van der Waals surface area contributed by atoms with Crippen LogP contribution in [0.2, 0.25) is 0 Å². The number of phenolic OH excluding ortho intramolecular Hbond substituents is 1. The van der Waals surface area contributed by atoms with Crippen LogP contribution < -0.4 is 10.5 Å². The molecular weight excluding hydrogens is 208 g/mol. The molecule has 3 N–H and O–H groups in total. The summed E-state index contributed by atoms with van der Waals surface area (Å²) in [6.07, 6.45) is 0. The van der Waals surface area contributed by atoms with Crippen LogP contribution in [0, 0.1) is 0 Å². The maximum absolute atomic E-state index is 9.94. The molecule has 1 aromatic carbocycles. The highest BCUT2D eigenvalue weighted by molar-refractivity contribution is 5.71. The standard InChI is InChI=1S/C11H12N2O3/c1-2-15-9-5-3-4-7(11(9)14)8-6-10(12)16-13-8/h3-6,14H,2,12H2,1H3. The first kappa shape index (κ1) is 10.4. The Kier molecular flexibility index (Phi) is 2.68. The van der Waals surface area contributed by atoms with Crippen molar-refractivity contribution in [1.29, 1.82) is 0 Å². The van der Waals surface area contributed by atoms with E-state index in [0.717, 1.165) is 0 Å². The van der Waals surface area contributed by atoms with Crippen molar-refractivity contribution in [1.82, 2.24) is 5.16 Å². The molecule has 84 valence electrons. The van der Waals surface area contributed by atoms with Gasteiger partial charge in [0.05, 0.1) is 6.61 Å². The molecule has 0 aliphatic heterocycles. The molecule has 0 saturated carbocycles. The summed E-state index contributed by atoms with van der Waals surface area (Å²) < 4.78 is 10.0. The number of para-hydroxylation sites is 1. The molecule has 5 nitrogen and oxygen atoms in total. The molecule has 1 heterocycles. The Morgan fingerprint density at radius 2 is 2.31 bits per heavy atom. The van der Waals surface area contributed by atoms with Crippen LogP contribution in [0.1, 0.15) is 6.92 Å². The van der Waals surface area contributed by atoms with Crippen LogP contribution >= 0.6 is 0 Å². The van der Waals surface area contributed by atoms with Crippen molar-refractivity contribution in [3.8, 4) is 22.8 Å². The minimum Gasteiger partial charge on any atom is -0.504 e. The molecule has 0 spiro atoms. The van der Waals surface area contributed by atoms with Crippen molar-refractivity contribution in [2.24, 2.45) is 0 Å². The summed E-state index contributed by atoms with van der Waals surface area (Å²) in [6.45, 7) is 2.33. The first-order valence-corrected chi connectivity index (χ1v) is 4.89. The van der Waals surface area contributed by atoms with Crippen LogP contribution in [0.4, 0.5) is 5.88 Å². The number of nitrogens with zero attached hydrogens (tertiary/aromatic N) is 1. The van der Waals surface area contributed by atoms with Gasteiger partial charge in [-0.05, 0) is 19.1 Å². The fourth-order valence-corrected chi connectivity index (χ4v) is 1.42. The molecule has 2 aromatic rings. The minimum atomic E-state index is 0.0395. The van der Waals surface area contributed by atoms with Crippen LogP contribution in [0.5, 0.6) is 11.5 Å². The Labute approximate surface area is 92.4 Å². The smallest absolute Gasteiger partial charge is 0.222 e. The van der Waals surface area contributed by atoms with Gasteiger partial charge in [-0.3, -0.25) is 0 Å². The number of benzene rings is 1. The Balaban J connectivity index is 2.45. The van der Waals surface area contributed by atoms with E-state index in [2.05, 4.69) is 5.16 Å². The highest BCUT2D eigenvalue weighted by atomic mass is 16.5. The van der Waals surface area contributed by atoms with Gasteiger partial charge in [0.2, 0.25) is 5.88 Å². The maximum Gasteiger partial charge on any atom is 0.222 e. The first-order valence-electron chi connectivity index (χ1n) is 4.89. The van der Waals surface area contributed by atoms with Gasteiger partial charge in [-0.15, -0.1) is 0 Å². The SMILES string of the molecule is CCOc1cccc(-c2cc(N)on2)c1O. The molecule has 2 rings (SSSR count). The van der Waals surface area contributed by atoms with Crippen molar-refractivity contribution < 1.29 is 14.4 Å². The lowest BCUT2D eigenvalue weighted by Gasteiger charge is -2.07. The molecule has 5 heteroatoms. The van der Waals surface area contributed by atoms with Crippen LogP contribution in [-0.2, 0) is 0 Å². The number of anilines is 1. The zero-order chi connectivity index (χ0) is 11.5. The van der Waals surface area contributed by atoms with E-state index in [1.165, 1.54) is 0 Å². The molecule has 0 aliphatic rings. The van der Waals surface area contributed by atoms with Gasteiger partial charge in [0.25, 0.3) is 0 Å². The number of hydrogen-bond donors (Lipinski definition) is 2. The van der Waals surface area contributed by atoms with Crippen LogP contribution in [0.15, 0.2) is 28.8 Å². The summed E-state index contributed by atoms with van der Waals surface area (Å²) in [4.78, 5) is 0. The number of nitrogen functional groups attached to an aromatic ring is 1. The molecule has 0 unspecified atom stereocenters. The second kappa shape index (κ2) is 4.14. The molecule has 0 saturated heterocycles. The predicted octanol–water partition coefficient (Wildman–Crippen LogP) is 2.03. The summed E-state index contributed by atoms with van der Waals surface area (Å²) in [5, 5.41) is 13.7. The molecule has 0 amide bonds. The van der Waals surface area contributed by atoms with Crippen molar-refractivity contribution in [3.05, 3.63) is 24.3 Å². The van der Waals surface area contributed by atoms with E-state index >= 15 is 0 Å². The van der Waals surface area contributed by atoms with Gasteiger partial charge >= 0.3 is 0 Å². The molecular formula is C11H12N2O3. The third kappa shape index (κ3) is 1.79. The van der Waals surface area contributed by atoms with E-state index in [0.29, 0.717) is 23.6 Å². The zero-order valence-corrected chi connectivity index (χ0v) is 8.80. The third-order valence-electron chi connectivity index (χ3n) is 2.10. The van der Waals surface area contributed by atoms with Crippen LogP contribution in [0.3, 0.4) is 0 Å². The lowest BCUT2D eigenvalue weighted by molar-refractivity contribution is 0.318. The first-order chi connectivity index (χ1) is 7.72. The summed E-state index contributed by atoms with van der Waals surface area (Å²) in [6, 6.07) is 6.72. The van der Waals surface area contributed by atoms with Gasteiger partial charge in [-0.25, -0.2) is 0 Å². The number of nitrogens with two attached hydrogens (primary N) is 1. The summed E-state index contributed by atoms with van der Waals surface area (Å²) in [5.41, 5.74) is 6.44. The number of ether oxygens (including phenoxy) is 1. The lowest BCUT2D eigenvalue weighted by Crippen LogP contribution is -1.92. The Morgan fingerprint density at radius 1 is 1.50 bits per heavy atom. The average Bonchev–Trinajstić information content (AvgIpc) is 2.68. The number of aromatic nitrogens is 1. The topological polar surface area (TPSA) is 81.5 Å². The van der Waals surface area contributed by atoms with Crippen molar-refractivity contribution in [2.45, 2.75) is 6.92 Å². The highest BCUT2D eigenvalue weighted by Gasteiger charge is 2.12. The van der Waals surface area contributed by atoms with E-state index in [1.807, 2.05) is 6.92 Å². The Morgan fingerprint density at radius 3 is 2.94 bits per heavy atom. The summed E-state index contributed by atoms with van der Waals surface area (Å²) in [7, 11) is 0. The van der Waals surface area contributed by atoms with Crippen LogP contribution in [-0.4, -0.2) is 16.9 Å². The van der Waals surface area contributed by atoms with Crippen LogP contribution in [0.25, 0.3) is 11.3 Å². The third-order valence-corrected chi connectivity index (χ3v) is 2.10. The molecule has 0 bridgehead atoms. The second-order valence-electron chi connectivity index (χ2n) is 3.20. The minimum absolute atomic E-state index is 0.0395. The van der Waals surface area contributed by atoms with E-state index in [4.69, 9.17) is 15.0 Å². The fourth-order valence-electron chi connectivity index (χ4n) is 1.42. The Hall–Kier alpha value is -2.17. The molecule has 0 radical (unpaired) electrons. The average molecular weight is 220 g/mol. The molecule has 16 heavy (non-hydrogen) atoms. The zero-order valence-electron chi connectivity index (χ0n) is 8.80. The second-order valence-corrected chi connectivity index (χ2v) is 3.20. The van der Waals surface area contributed by atoms with Crippen molar-refractivity contribution >= 4 is 5.88 Å². The molecule has 1 aromatic heterocycles. The molecule has 0 aliphatic carbocycles. The quantitative estimate of drug-likeness (QED) is 0.827.